The largest absolute Gasteiger partial charge is 0.459 e. The third kappa shape index (κ3) is 5.89. The Morgan fingerprint density at radius 2 is 1.68 bits per heavy atom. The number of nitrogens with one attached hydrogen (secondary N) is 2. The first kappa shape index (κ1) is 19.0. The van der Waals surface area contributed by atoms with Crippen molar-refractivity contribution in [2.75, 3.05) is 11.9 Å². The molecule has 3 rings (SSSR count). The first-order valence-electron chi connectivity index (χ1n) is 8.99. The molecule has 0 unspecified atom stereocenters. The van der Waals surface area contributed by atoms with Crippen molar-refractivity contribution in [1.82, 2.24) is 5.32 Å². The topological polar surface area (TPSA) is 71.3 Å². The zero-order chi connectivity index (χ0) is 19.6. The van der Waals surface area contributed by atoms with Gasteiger partial charge < -0.3 is 15.1 Å². The molecule has 0 saturated heterocycles. The van der Waals surface area contributed by atoms with Crippen LogP contribution in [0.4, 0.5) is 5.69 Å². The second-order valence-electron chi connectivity index (χ2n) is 6.08. The maximum Gasteiger partial charge on any atom is 0.286 e. The zero-order valence-electron chi connectivity index (χ0n) is 15.3. The fourth-order valence-electron chi connectivity index (χ4n) is 2.51. The summed E-state index contributed by atoms with van der Waals surface area (Å²) >= 11 is 0. The van der Waals surface area contributed by atoms with Gasteiger partial charge in [0.25, 0.3) is 5.91 Å². The van der Waals surface area contributed by atoms with Crippen LogP contribution in [0, 0.1) is 11.8 Å². The van der Waals surface area contributed by atoms with Gasteiger partial charge in [-0.3, -0.25) is 9.59 Å². The first-order valence-corrected chi connectivity index (χ1v) is 8.99. The summed E-state index contributed by atoms with van der Waals surface area (Å²) in [4.78, 5) is 23.8. The van der Waals surface area contributed by atoms with Crippen LogP contribution in [0.3, 0.4) is 0 Å². The highest BCUT2D eigenvalue weighted by Crippen LogP contribution is 2.11. The van der Waals surface area contributed by atoms with E-state index >= 15 is 0 Å². The summed E-state index contributed by atoms with van der Waals surface area (Å²) in [6.07, 6.45) is 2.28. The number of anilines is 1. The molecule has 5 nitrogen and oxygen atoms in total. The van der Waals surface area contributed by atoms with E-state index in [9.17, 15) is 9.59 Å². The van der Waals surface area contributed by atoms with Gasteiger partial charge in [-0.2, -0.15) is 0 Å². The predicted octanol–water partition coefficient (Wildman–Crippen LogP) is 3.83. The average Bonchev–Trinajstić information content (AvgIpc) is 3.26. The molecule has 3 aromatic rings. The van der Waals surface area contributed by atoms with Crippen molar-refractivity contribution < 1.29 is 14.0 Å². The number of amides is 2. The summed E-state index contributed by atoms with van der Waals surface area (Å²) in [6.45, 7) is 0.398. The van der Waals surface area contributed by atoms with E-state index in [4.69, 9.17) is 4.42 Å². The summed E-state index contributed by atoms with van der Waals surface area (Å²) in [5.41, 5.74) is 2.46. The molecule has 0 aliphatic carbocycles. The smallest absolute Gasteiger partial charge is 0.286 e. The molecule has 0 aliphatic rings. The Bertz CT molecular complexity index is 983. The van der Waals surface area contributed by atoms with Crippen molar-refractivity contribution in [2.45, 2.75) is 12.8 Å². The van der Waals surface area contributed by atoms with Gasteiger partial charge in [-0.25, -0.2) is 0 Å². The number of hydrogen-bond acceptors (Lipinski definition) is 3. The summed E-state index contributed by atoms with van der Waals surface area (Å²) < 4.78 is 5.01. The molecule has 0 bridgehead atoms. The maximum atomic E-state index is 12.1. The van der Waals surface area contributed by atoms with Crippen LogP contribution in [0.1, 0.15) is 34.5 Å². The Morgan fingerprint density at radius 3 is 2.46 bits per heavy atom. The van der Waals surface area contributed by atoms with Gasteiger partial charge in [-0.1, -0.05) is 36.1 Å². The number of carbonyl (C=O) groups is 2. The highest BCUT2D eigenvalue weighted by atomic mass is 16.3. The molecular formula is C23H20N2O3. The first-order chi connectivity index (χ1) is 13.7. The standard InChI is InChI=1S/C23H20N2O3/c26-22(12-5-15-24-23(27)21-11-6-16-28-21)25-20-10-4-9-19(17-20)14-13-18-7-2-1-3-8-18/h1-4,6-11,16-17H,5,12,15H2,(H,24,27)(H,25,26). The van der Waals surface area contributed by atoms with E-state index in [0.717, 1.165) is 11.1 Å². The van der Waals surface area contributed by atoms with Crippen LogP contribution >= 0.6 is 0 Å². The van der Waals surface area contributed by atoms with E-state index in [2.05, 4.69) is 22.5 Å². The number of rotatable bonds is 6. The van der Waals surface area contributed by atoms with Crippen molar-refractivity contribution in [3.05, 3.63) is 89.9 Å². The molecule has 0 spiro atoms. The van der Waals surface area contributed by atoms with E-state index in [0.29, 0.717) is 25.1 Å². The van der Waals surface area contributed by atoms with Crippen molar-refractivity contribution >= 4 is 17.5 Å². The van der Waals surface area contributed by atoms with Crippen LogP contribution in [0.2, 0.25) is 0 Å². The molecule has 5 heteroatoms. The summed E-state index contributed by atoms with van der Waals surface area (Å²) in [6, 6.07) is 20.4. The van der Waals surface area contributed by atoms with E-state index in [1.807, 2.05) is 54.6 Å². The second-order valence-corrected chi connectivity index (χ2v) is 6.08. The lowest BCUT2D eigenvalue weighted by Gasteiger charge is -2.06. The fraction of sp³-hybridized carbons (Fsp3) is 0.130. The minimum atomic E-state index is -0.282. The second kappa shape index (κ2) is 9.79. The molecule has 2 amide bonds. The zero-order valence-corrected chi connectivity index (χ0v) is 15.3. The van der Waals surface area contributed by atoms with E-state index in [1.165, 1.54) is 6.26 Å². The van der Waals surface area contributed by atoms with Gasteiger partial charge in [0.15, 0.2) is 5.76 Å². The van der Waals surface area contributed by atoms with Gasteiger partial charge in [0.1, 0.15) is 0 Å². The molecule has 0 radical (unpaired) electrons. The number of carbonyl (C=O) groups excluding carboxylic acids is 2. The number of hydrogen-bond donors (Lipinski definition) is 2. The Labute approximate surface area is 163 Å². The van der Waals surface area contributed by atoms with Crippen LogP contribution < -0.4 is 10.6 Å². The lowest BCUT2D eigenvalue weighted by Crippen LogP contribution is -2.25. The normalized spacial score (nSPS) is 9.86. The van der Waals surface area contributed by atoms with Crippen molar-refractivity contribution in [3.63, 3.8) is 0 Å². The third-order valence-corrected chi connectivity index (χ3v) is 3.88. The molecule has 0 atom stereocenters. The fourth-order valence-corrected chi connectivity index (χ4v) is 2.51. The van der Waals surface area contributed by atoms with Gasteiger partial charge in [-0.15, -0.1) is 0 Å². The Kier molecular flexibility index (Phi) is 6.64. The maximum absolute atomic E-state index is 12.1. The number of benzene rings is 2. The quantitative estimate of drug-likeness (QED) is 0.510. The van der Waals surface area contributed by atoms with Crippen molar-refractivity contribution in [1.29, 1.82) is 0 Å². The minimum Gasteiger partial charge on any atom is -0.459 e. The number of furan rings is 1. The summed E-state index contributed by atoms with van der Waals surface area (Å²) in [7, 11) is 0. The third-order valence-electron chi connectivity index (χ3n) is 3.88. The van der Waals surface area contributed by atoms with Crippen LogP contribution in [0.5, 0.6) is 0 Å². The van der Waals surface area contributed by atoms with Gasteiger partial charge in [0.05, 0.1) is 6.26 Å². The SMILES string of the molecule is O=C(CCCNC(=O)c1ccco1)Nc1cccc(C#Cc2ccccc2)c1. The van der Waals surface area contributed by atoms with Gasteiger partial charge >= 0.3 is 0 Å². The van der Waals surface area contributed by atoms with Crippen LogP contribution in [0.15, 0.2) is 77.4 Å². The van der Waals surface area contributed by atoms with Crippen molar-refractivity contribution in [2.24, 2.45) is 0 Å². The van der Waals surface area contributed by atoms with Crippen LogP contribution in [-0.2, 0) is 4.79 Å². The minimum absolute atomic E-state index is 0.111. The lowest BCUT2D eigenvalue weighted by molar-refractivity contribution is -0.116. The predicted molar refractivity (Wildman–Crippen MR) is 108 cm³/mol. The lowest BCUT2D eigenvalue weighted by atomic mass is 10.1. The highest BCUT2D eigenvalue weighted by Gasteiger charge is 2.08. The molecule has 140 valence electrons. The molecule has 0 fully saturated rings. The van der Waals surface area contributed by atoms with Crippen LogP contribution in [0.25, 0.3) is 0 Å². The molecule has 1 heterocycles. The Balaban J connectivity index is 1.45. The monoisotopic (exact) mass is 372 g/mol. The molecule has 0 saturated carbocycles. The Morgan fingerprint density at radius 1 is 0.893 bits per heavy atom. The Hall–Kier alpha value is -3.78. The van der Waals surface area contributed by atoms with E-state index in [-0.39, 0.29) is 17.6 Å². The molecule has 2 N–H and O–H groups in total. The molecule has 0 aliphatic heterocycles. The van der Waals surface area contributed by atoms with Gasteiger partial charge in [0.2, 0.25) is 5.91 Å². The van der Waals surface area contributed by atoms with Gasteiger partial charge in [-0.05, 0) is 48.9 Å². The summed E-state index contributed by atoms with van der Waals surface area (Å²) in [5, 5.41) is 5.57. The molecule has 28 heavy (non-hydrogen) atoms. The summed E-state index contributed by atoms with van der Waals surface area (Å²) in [5.74, 6) is 6.06. The molecular weight excluding hydrogens is 352 g/mol. The molecule has 1 aromatic heterocycles. The van der Waals surface area contributed by atoms with E-state index in [1.54, 1.807) is 12.1 Å². The van der Waals surface area contributed by atoms with Crippen molar-refractivity contribution in [3.8, 4) is 11.8 Å². The highest BCUT2D eigenvalue weighted by molar-refractivity contribution is 5.92. The van der Waals surface area contributed by atoms with Crippen LogP contribution in [-0.4, -0.2) is 18.4 Å². The van der Waals surface area contributed by atoms with Gasteiger partial charge in [0, 0.05) is 29.8 Å². The van der Waals surface area contributed by atoms with E-state index < -0.39 is 0 Å². The molecule has 2 aromatic carbocycles. The average molecular weight is 372 g/mol.